The summed E-state index contributed by atoms with van der Waals surface area (Å²) in [4.78, 5) is 12.2. The van der Waals surface area contributed by atoms with Crippen molar-refractivity contribution in [3.05, 3.63) is 29.8 Å². The van der Waals surface area contributed by atoms with Gasteiger partial charge in [-0.1, -0.05) is 18.2 Å². The van der Waals surface area contributed by atoms with E-state index in [2.05, 4.69) is 5.32 Å². The van der Waals surface area contributed by atoms with Crippen molar-refractivity contribution >= 4 is 5.91 Å². The van der Waals surface area contributed by atoms with Crippen LogP contribution in [0, 0.1) is 5.41 Å². The molecule has 0 aliphatic rings. The van der Waals surface area contributed by atoms with Gasteiger partial charge in [-0.25, -0.2) is 0 Å². The molecule has 1 aromatic carbocycles. The number of carbonyl (C=O) groups excluding carboxylic acids is 1. The van der Waals surface area contributed by atoms with Gasteiger partial charge in [0.1, 0.15) is 5.75 Å². The first-order chi connectivity index (χ1) is 9.20. The largest absolute Gasteiger partial charge is 0.496 e. The molecule has 4 heteroatoms. The van der Waals surface area contributed by atoms with Crippen molar-refractivity contribution in [2.75, 3.05) is 13.7 Å². The lowest BCUT2D eigenvalue weighted by molar-refractivity contribution is -0.132. The highest BCUT2D eigenvalue weighted by Crippen LogP contribution is 2.28. The lowest BCUT2D eigenvalue weighted by atomic mass is 9.74. The van der Waals surface area contributed by atoms with Crippen molar-refractivity contribution in [3.8, 4) is 5.75 Å². The fourth-order valence-corrected chi connectivity index (χ4v) is 1.73. The van der Waals surface area contributed by atoms with Crippen molar-refractivity contribution in [1.82, 2.24) is 5.32 Å². The Morgan fingerprint density at radius 2 is 1.85 bits per heavy atom. The molecule has 3 N–H and O–H groups in total. The van der Waals surface area contributed by atoms with Crippen molar-refractivity contribution in [1.29, 1.82) is 0 Å². The second-order valence-electron chi connectivity index (χ2n) is 6.16. The number of nitrogens with one attached hydrogen (secondary N) is 1. The van der Waals surface area contributed by atoms with E-state index in [-0.39, 0.29) is 5.91 Å². The van der Waals surface area contributed by atoms with E-state index in [1.165, 1.54) is 0 Å². The summed E-state index contributed by atoms with van der Waals surface area (Å²) in [5.74, 6) is 0.820. The van der Waals surface area contributed by atoms with Crippen LogP contribution >= 0.6 is 0 Å². The van der Waals surface area contributed by atoms with E-state index in [1.54, 1.807) is 7.11 Å². The van der Waals surface area contributed by atoms with E-state index >= 15 is 0 Å². The van der Waals surface area contributed by atoms with Gasteiger partial charge in [0, 0.05) is 12.1 Å². The summed E-state index contributed by atoms with van der Waals surface area (Å²) < 4.78 is 5.29. The molecule has 0 heterocycles. The summed E-state index contributed by atoms with van der Waals surface area (Å²) in [5.41, 5.74) is 5.96. The van der Waals surface area contributed by atoms with Gasteiger partial charge in [0.15, 0.2) is 0 Å². The molecule has 0 aliphatic carbocycles. The first-order valence-electron chi connectivity index (χ1n) is 6.89. The van der Waals surface area contributed by atoms with Gasteiger partial charge in [-0.2, -0.15) is 0 Å². The number of hydrogen-bond donors (Lipinski definition) is 2. The Bertz CT molecular complexity index is 462. The van der Waals surface area contributed by atoms with E-state index in [4.69, 9.17) is 10.5 Å². The average molecular weight is 278 g/mol. The molecule has 20 heavy (non-hydrogen) atoms. The Kier molecular flexibility index (Phi) is 5.17. The number of hydrogen-bond acceptors (Lipinski definition) is 3. The van der Waals surface area contributed by atoms with E-state index in [0.717, 1.165) is 17.7 Å². The topological polar surface area (TPSA) is 64.3 Å². The number of methoxy groups -OCH3 is 1. The van der Waals surface area contributed by atoms with Crippen LogP contribution in [0.3, 0.4) is 0 Å². The zero-order valence-electron chi connectivity index (χ0n) is 13.1. The van der Waals surface area contributed by atoms with E-state index < -0.39 is 11.0 Å². The van der Waals surface area contributed by atoms with Crippen LogP contribution in [0.25, 0.3) is 0 Å². The van der Waals surface area contributed by atoms with Crippen LogP contribution in [0.1, 0.15) is 33.3 Å². The van der Waals surface area contributed by atoms with Gasteiger partial charge in [0.2, 0.25) is 5.91 Å². The summed E-state index contributed by atoms with van der Waals surface area (Å²) in [6, 6.07) is 7.82. The summed E-state index contributed by atoms with van der Waals surface area (Å²) in [7, 11) is 1.65. The molecule has 0 bridgehead atoms. The molecule has 0 atom stereocenters. The Labute approximate surface area is 121 Å². The predicted octanol–water partition coefficient (Wildman–Crippen LogP) is 2.12. The van der Waals surface area contributed by atoms with Crippen LogP contribution in [0.2, 0.25) is 0 Å². The van der Waals surface area contributed by atoms with Crippen molar-refractivity contribution in [2.24, 2.45) is 11.1 Å². The fraction of sp³-hybridized carbons (Fsp3) is 0.562. The van der Waals surface area contributed by atoms with E-state index in [0.29, 0.717) is 6.54 Å². The molecule has 0 saturated heterocycles. The van der Waals surface area contributed by atoms with Gasteiger partial charge in [-0.05, 0) is 45.7 Å². The quantitative estimate of drug-likeness (QED) is 0.837. The number of amides is 1. The van der Waals surface area contributed by atoms with Gasteiger partial charge in [-0.15, -0.1) is 0 Å². The van der Waals surface area contributed by atoms with Crippen LogP contribution < -0.4 is 15.8 Å². The van der Waals surface area contributed by atoms with E-state index in [1.807, 2.05) is 52.0 Å². The molecule has 1 rings (SSSR count). The van der Waals surface area contributed by atoms with Gasteiger partial charge < -0.3 is 15.8 Å². The minimum Gasteiger partial charge on any atom is -0.496 e. The summed E-state index contributed by atoms with van der Waals surface area (Å²) >= 11 is 0. The molecule has 4 nitrogen and oxygen atoms in total. The van der Waals surface area contributed by atoms with Gasteiger partial charge in [0.05, 0.1) is 12.5 Å². The highest BCUT2D eigenvalue weighted by atomic mass is 16.5. The second kappa shape index (κ2) is 6.27. The minimum atomic E-state index is -0.617. The monoisotopic (exact) mass is 278 g/mol. The maximum Gasteiger partial charge on any atom is 0.227 e. The third-order valence-corrected chi connectivity index (χ3v) is 4.05. The minimum absolute atomic E-state index is 0.0279. The van der Waals surface area contributed by atoms with Crippen LogP contribution in [0.5, 0.6) is 5.75 Å². The highest BCUT2D eigenvalue weighted by Gasteiger charge is 2.40. The van der Waals surface area contributed by atoms with Crippen molar-refractivity contribution in [3.63, 3.8) is 0 Å². The van der Waals surface area contributed by atoms with Gasteiger partial charge >= 0.3 is 0 Å². The molecule has 0 unspecified atom stereocenters. The number of para-hydroxylation sites is 1. The molecule has 0 aliphatic heterocycles. The Morgan fingerprint density at radius 3 is 2.40 bits per heavy atom. The molecule has 112 valence electrons. The summed E-state index contributed by atoms with van der Waals surface area (Å²) in [6.07, 6.45) is 0.733. The highest BCUT2D eigenvalue weighted by molar-refractivity contribution is 5.83. The zero-order valence-corrected chi connectivity index (χ0v) is 13.1. The average Bonchev–Trinajstić information content (AvgIpc) is 2.37. The molecule has 0 radical (unpaired) electrons. The smallest absolute Gasteiger partial charge is 0.227 e. The van der Waals surface area contributed by atoms with Crippen molar-refractivity contribution in [2.45, 2.75) is 39.7 Å². The molecule has 0 fully saturated rings. The lowest BCUT2D eigenvalue weighted by Gasteiger charge is -2.36. The molecule has 1 aromatic rings. The Balaban J connectivity index is 2.59. The molecular weight excluding hydrogens is 252 g/mol. The maximum atomic E-state index is 12.2. The fourth-order valence-electron chi connectivity index (χ4n) is 1.73. The van der Waals surface area contributed by atoms with E-state index in [9.17, 15) is 4.79 Å². The standard InChI is InChI=1S/C16H26N2O2/c1-15(2,16(3,4)17)14(19)18-11-10-12-8-6-7-9-13(12)20-5/h6-9H,10-11,17H2,1-5H3,(H,18,19). The Morgan fingerprint density at radius 1 is 1.25 bits per heavy atom. The second-order valence-corrected chi connectivity index (χ2v) is 6.16. The molecule has 0 spiro atoms. The number of carbonyl (C=O) groups is 1. The third-order valence-electron chi connectivity index (χ3n) is 4.05. The number of benzene rings is 1. The maximum absolute atomic E-state index is 12.2. The zero-order chi connectivity index (χ0) is 15.4. The van der Waals surface area contributed by atoms with Crippen LogP contribution in [-0.4, -0.2) is 25.1 Å². The molecule has 1 amide bonds. The lowest BCUT2D eigenvalue weighted by Crippen LogP contribution is -2.55. The predicted molar refractivity (Wildman–Crippen MR) is 81.8 cm³/mol. The first-order valence-corrected chi connectivity index (χ1v) is 6.89. The molecule has 0 aromatic heterocycles. The first kappa shape index (κ1) is 16.5. The van der Waals surface area contributed by atoms with Crippen LogP contribution in [0.15, 0.2) is 24.3 Å². The van der Waals surface area contributed by atoms with Gasteiger partial charge in [-0.3, -0.25) is 4.79 Å². The number of ether oxygens (including phenoxy) is 1. The van der Waals surface area contributed by atoms with Gasteiger partial charge in [0.25, 0.3) is 0 Å². The molecular formula is C16H26N2O2. The SMILES string of the molecule is COc1ccccc1CCNC(=O)C(C)(C)C(C)(C)N. The summed E-state index contributed by atoms with van der Waals surface area (Å²) in [5, 5.41) is 2.95. The number of rotatable bonds is 6. The van der Waals surface area contributed by atoms with Crippen molar-refractivity contribution < 1.29 is 9.53 Å². The third kappa shape index (κ3) is 3.73. The van der Waals surface area contributed by atoms with Crippen LogP contribution in [0.4, 0.5) is 0 Å². The molecule has 0 saturated carbocycles. The summed E-state index contributed by atoms with van der Waals surface area (Å²) in [6.45, 7) is 8.04. The number of nitrogens with two attached hydrogens (primary N) is 1. The normalized spacial score (nSPS) is 12.1. The Hall–Kier alpha value is -1.55. The van der Waals surface area contributed by atoms with Crippen LogP contribution in [-0.2, 0) is 11.2 Å².